The van der Waals surface area contributed by atoms with Gasteiger partial charge in [-0.1, -0.05) is 28.9 Å². The van der Waals surface area contributed by atoms with Crippen LogP contribution in [0.25, 0.3) is 0 Å². The average Bonchev–Trinajstić information content (AvgIpc) is 2.75. The number of aryl methyl sites for hydroxylation is 2. The van der Waals surface area contributed by atoms with Crippen molar-refractivity contribution in [2.45, 2.75) is 33.2 Å². The van der Waals surface area contributed by atoms with E-state index < -0.39 is 0 Å². The second kappa shape index (κ2) is 6.76. The number of carbonyl (C=O) groups is 1. The van der Waals surface area contributed by atoms with Crippen LogP contribution in [0.15, 0.2) is 28.8 Å². The number of halogens is 1. The smallest absolute Gasteiger partial charge is 0.222 e. The molecule has 0 spiro atoms. The van der Waals surface area contributed by atoms with Gasteiger partial charge >= 0.3 is 0 Å². The third-order valence-corrected chi connectivity index (χ3v) is 3.74. The van der Waals surface area contributed by atoms with Crippen molar-refractivity contribution in [1.82, 2.24) is 10.1 Å². The van der Waals surface area contributed by atoms with Gasteiger partial charge < -0.3 is 9.42 Å². The molecule has 0 unspecified atom stereocenters. The number of aromatic nitrogens is 1. The zero-order valence-electron chi connectivity index (χ0n) is 12.5. The summed E-state index contributed by atoms with van der Waals surface area (Å²) in [6.07, 6.45) is 1.10. The number of carbonyl (C=O) groups excluding carboxylic acids is 1. The van der Waals surface area contributed by atoms with E-state index in [9.17, 15) is 4.79 Å². The topological polar surface area (TPSA) is 46.3 Å². The molecule has 21 heavy (non-hydrogen) atoms. The van der Waals surface area contributed by atoms with E-state index in [0.29, 0.717) is 24.4 Å². The summed E-state index contributed by atoms with van der Waals surface area (Å²) in [5.74, 6) is 0.882. The molecule has 0 aliphatic carbocycles. The standard InChI is InChI=1S/C16H19ClN2O2/c1-11-15(12(2)21-18-11)7-8-16(20)19(3)10-13-5-4-6-14(17)9-13/h4-6,9H,7-8,10H2,1-3H3. The first kappa shape index (κ1) is 15.6. The third kappa shape index (κ3) is 4.08. The molecule has 0 radical (unpaired) electrons. The minimum absolute atomic E-state index is 0.0926. The van der Waals surface area contributed by atoms with E-state index in [2.05, 4.69) is 5.16 Å². The lowest BCUT2D eigenvalue weighted by atomic mass is 10.1. The third-order valence-electron chi connectivity index (χ3n) is 3.50. The molecule has 4 nitrogen and oxygen atoms in total. The lowest BCUT2D eigenvalue weighted by molar-refractivity contribution is -0.130. The van der Waals surface area contributed by atoms with Gasteiger partial charge in [0.2, 0.25) is 5.91 Å². The van der Waals surface area contributed by atoms with Gasteiger partial charge in [0.05, 0.1) is 5.69 Å². The van der Waals surface area contributed by atoms with Crippen molar-refractivity contribution in [3.05, 3.63) is 51.9 Å². The van der Waals surface area contributed by atoms with E-state index in [0.717, 1.165) is 22.6 Å². The second-order valence-corrected chi connectivity index (χ2v) is 5.62. The molecule has 112 valence electrons. The Morgan fingerprint density at radius 1 is 1.38 bits per heavy atom. The van der Waals surface area contributed by atoms with Crippen molar-refractivity contribution in [3.63, 3.8) is 0 Å². The van der Waals surface area contributed by atoms with Crippen molar-refractivity contribution in [2.24, 2.45) is 0 Å². The van der Waals surface area contributed by atoms with Gasteiger partial charge in [0.15, 0.2) is 0 Å². The molecule has 0 aliphatic rings. The largest absolute Gasteiger partial charge is 0.361 e. The molecule has 0 fully saturated rings. The SMILES string of the molecule is Cc1noc(C)c1CCC(=O)N(C)Cc1cccc(Cl)c1. The summed E-state index contributed by atoms with van der Waals surface area (Å²) in [5, 5.41) is 4.59. The Balaban J connectivity index is 1.91. The molecule has 0 atom stereocenters. The van der Waals surface area contributed by atoms with Crippen LogP contribution in [0.3, 0.4) is 0 Å². The van der Waals surface area contributed by atoms with Gasteiger partial charge in [-0.05, 0) is 38.0 Å². The molecule has 2 aromatic rings. The Kier molecular flexibility index (Phi) is 5.02. The lowest BCUT2D eigenvalue weighted by Gasteiger charge is -2.17. The van der Waals surface area contributed by atoms with E-state index in [1.165, 1.54) is 0 Å². The summed E-state index contributed by atoms with van der Waals surface area (Å²) < 4.78 is 5.11. The Labute approximate surface area is 129 Å². The fourth-order valence-electron chi connectivity index (χ4n) is 2.28. The average molecular weight is 307 g/mol. The number of rotatable bonds is 5. The Morgan fingerprint density at radius 2 is 2.14 bits per heavy atom. The van der Waals surface area contributed by atoms with Crippen LogP contribution in [0.1, 0.15) is 29.0 Å². The molecule has 0 aliphatic heterocycles. The first-order valence-corrected chi connectivity index (χ1v) is 7.25. The monoisotopic (exact) mass is 306 g/mol. The van der Waals surface area contributed by atoms with Crippen LogP contribution in [0.4, 0.5) is 0 Å². The maximum absolute atomic E-state index is 12.2. The van der Waals surface area contributed by atoms with Crippen molar-refractivity contribution in [2.75, 3.05) is 7.05 Å². The molecule has 0 saturated heterocycles. The maximum atomic E-state index is 12.2. The van der Waals surface area contributed by atoms with E-state index >= 15 is 0 Å². The molecule has 0 saturated carbocycles. The predicted octanol–water partition coefficient (Wildman–Crippen LogP) is 3.54. The maximum Gasteiger partial charge on any atom is 0.222 e. The van der Waals surface area contributed by atoms with Gasteiger partial charge in [0.25, 0.3) is 0 Å². The number of hydrogen-bond donors (Lipinski definition) is 0. The second-order valence-electron chi connectivity index (χ2n) is 5.18. The predicted molar refractivity (Wildman–Crippen MR) is 82.2 cm³/mol. The normalized spacial score (nSPS) is 10.7. The highest BCUT2D eigenvalue weighted by molar-refractivity contribution is 6.30. The minimum atomic E-state index is 0.0926. The summed E-state index contributed by atoms with van der Waals surface area (Å²) >= 11 is 5.95. The van der Waals surface area contributed by atoms with E-state index in [1.54, 1.807) is 11.9 Å². The van der Waals surface area contributed by atoms with Gasteiger partial charge in [-0.3, -0.25) is 4.79 Å². The summed E-state index contributed by atoms with van der Waals surface area (Å²) in [5.41, 5.74) is 2.91. The fourth-order valence-corrected chi connectivity index (χ4v) is 2.49. The van der Waals surface area contributed by atoms with Gasteiger partial charge in [0, 0.05) is 30.6 Å². The molecule has 0 N–H and O–H groups in total. The molecule has 1 aromatic carbocycles. The van der Waals surface area contributed by atoms with Gasteiger partial charge in [-0.25, -0.2) is 0 Å². The Hall–Kier alpha value is -1.81. The van der Waals surface area contributed by atoms with Gasteiger partial charge in [-0.2, -0.15) is 0 Å². The van der Waals surface area contributed by atoms with E-state index in [4.69, 9.17) is 16.1 Å². The van der Waals surface area contributed by atoms with Crippen molar-refractivity contribution in [1.29, 1.82) is 0 Å². The molecule has 1 amide bonds. The number of benzene rings is 1. The zero-order valence-corrected chi connectivity index (χ0v) is 13.3. The minimum Gasteiger partial charge on any atom is -0.361 e. The summed E-state index contributed by atoms with van der Waals surface area (Å²) in [6.45, 7) is 4.32. The molecule has 1 heterocycles. The number of amides is 1. The molecule has 2 rings (SSSR count). The van der Waals surface area contributed by atoms with E-state index in [1.807, 2.05) is 38.1 Å². The number of nitrogens with zero attached hydrogens (tertiary/aromatic N) is 2. The summed E-state index contributed by atoms with van der Waals surface area (Å²) in [7, 11) is 1.80. The van der Waals surface area contributed by atoms with Crippen molar-refractivity contribution in [3.8, 4) is 0 Å². The first-order valence-electron chi connectivity index (χ1n) is 6.87. The highest BCUT2D eigenvalue weighted by Crippen LogP contribution is 2.16. The van der Waals surface area contributed by atoms with Gasteiger partial charge in [-0.15, -0.1) is 0 Å². The van der Waals surface area contributed by atoms with Crippen LogP contribution in [-0.2, 0) is 17.8 Å². The van der Waals surface area contributed by atoms with Crippen LogP contribution in [0.2, 0.25) is 5.02 Å². The molecule has 0 bridgehead atoms. The summed E-state index contributed by atoms with van der Waals surface area (Å²) in [6, 6.07) is 7.55. The van der Waals surface area contributed by atoms with Crippen LogP contribution in [0.5, 0.6) is 0 Å². The Bertz CT molecular complexity index is 617. The summed E-state index contributed by atoms with van der Waals surface area (Å²) in [4.78, 5) is 13.9. The molecular weight excluding hydrogens is 288 g/mol. The van der Waals surface area contributed by atoms with Crippen LogP contribution >= 0.6 is 11.6 Å². The lowest BCUT2D eigenvalue weighted by Crippen LogP contribution is -2.26. The Morgan fingerprint density at radius 3 is 2.76 bits per heavy atom. The van der Waals surface area contributed by atoms with Crippen molar-refractivity contribution < 1.29 is 9.32 Å². The first-order chi connectivity index (χ1) is 9.97. The number of hydrogen-bond acceptors (Lipinski definition) is 3. The van der Waals surface area contributed by atoms with Crippen LogP contribution < -0.4 is 0 Å². The quantitative estimate of drug-likeness (QED) is 0.849. The van der Waals surface area contributed by atoms with Crippen molar-refractivity contribution >= 4 is 17.5 Å². The van der Waals surface area contributed by atoms with Gasteiger partial charge in [0.1, 0.15) is 5.76 Å². The molecular formula is C16H19ClN2O2. The highest BCUT2D eigenvalue weighted by atomic mass is 35.5. The van der Waals surface area contributed by atoms with Crippen LogP contribution in [0, 0.1) is 13.8 Å². The fraction of sp³-hybridized carbons (Fsp3) is 0.375. The highest BCUT2D eigenvalue weighted by Gasteiger charge is 2.14. The van der Waals surface area contributed by atoms with Crippen LogP contribution in [-0.4, -0.2) is 23.0 Å². The zero-order chi connectivity index (χ0) is 15.4. The van der Waals surface area contributed by atoms with E-state index in [-0.39, 0.29) is 5.91 Å². The molecule has 1 aromatic heterocycles. The molecule has 5 heteroatoms.